The second kappa shape index (κ2) is 4.13. The minimum Gasteiger partial charge on any atom is -0.313 e. The zero-order chi connectivity index (χ0) is 9.90. The molecule has 0 aliphatic carbocycles. The van der Waals surface area contributed by atoms with E-state index in [-0.39, 0.29) is 5.54 Å². The van der Waals surface area contributed by atoms with Crippen LogP contribution in [0.2, 0.25) is 0 Å². The summed E-state index contributed by atoms with van der Waals surface area (Å²) in [6.07, 6.45) is 6.71. The van der Waals surface area contributed by atoms with Crippen LogP contribution in [-0.2, 0) is 0 Å². The molecule has 1 heterocycles. The SMILES string of the molecule is C#CC(C)(C)N1CCCNC(C)C1. The zero-order valence-electron chi connectivity index (χ0n) is 8.93. The van der Waals surface area contributed by atoms with Crippen LogP contribution >= 0.6 is 0 Å². The number of hydrogen-bond acceptors (Lipinski definition) is 2. The molecule has 1 N–H and O–H groups in total. The summed E-state index contributed by atoms with van der Waals surface area (Å²) in [5, 5.41) is 3.46. The summed E-state index contributed by atoms with van der Waals surface area (Å²) in [4.78, 5) is 2.39. The lowest BCUT2D eigenvalue weighted by molar-refractivity contribution is 0.169. The van der Waals surface area contributed by atoms with E-state index in [1.165, 1.54) is 6.42 Å². The van der Waals surface area contributed by atoms with Gasteiger partial charge in [0.2, 0.25) is 0 Å². The van der Waals surface area contributed by atoms with Gasteiger partial charge in [-0.05, 0) is 33.7 Å². The van der Waals surface area contributed by atoms with Crippen molar-refractivity contribution in [3.8, 4) is 12.3 Å². The molecule has 1 rings (SSSR count). The van der Waals surface area contributed by atoms with Crippen molar-refractivity contribution in [2.45, 2.75) is 38.8 Å². The van der Waals surface area contributed by atoms with E-state index in [1.807, 2.05) is 0 Å². The van der Waals surface area contributed by atoms with Crippen molar-refractivity contribution in [3.05, 3.63) is 0 Å². The molecule has 0 spiro atoms. The molecule has 1 unspecified atom stereocenters. The van der Waals surface area contributed by atoms with E-state index in [9.17, 15) is 0 Å². The third kappa shape index (κ3) is 2.72. The number of hydrogen-bond donors (Lipinski definition) is 1. The summed E-state index contributed by atoms with van der Waals surface area (Å²) >= 11 is 0. The Bertz CT molecular complexity index is 203. The number of terminal acetylenes is 1. The van der Waals surface area contributed by atoms with Crippen LogP contribution in [0.5, 0.6) is 0 Å². The Morgan fingerprint density at radius 1 is 1.54 bits per heavy atom. The van der Waals surface area contributed by atoms with Crippen LogP contribution in [0, 0.1) is 12.3 Å². The van der Waals surface area contributed by atoms with Gasteiger partial charge in [0.15, 0.2) is 0 Å². The predicted molar refractivity (Wildman–Crippen MR) is 56.6 cm³/mol. The van der Waals surface area contributed by atoms with Crippen LogP contribution in [0.25, 0.3) is 0 Å². The van der Waals surface area contributed by atoms with Crippen LogP contribution in [-0.4, -0.2) is 36.1 Å². The molecule has 13 heavy (non-hydrogen) atoms. The lowest BCUT2D eigenvalue weighted by Crippen LogP contribution is -2.46. The molecule has 0 aromatic heterocycles. The van der Waals surface area contributed by atoms with E-state index < -0.39 is 0 Å². The zero-order valence-corrected chi connectivity index (χ0v) is 8.93. The monoisotopic (exact) mass is 180 g/mol. The van der Waals surface area contributed by atoms with Crippen molar-refractivity contribution in [1.82, 2.24) is 10.2 Å². The molecule has 0 amide bonds. The lowest BCUT2D eigenvalue weighted by Gasteiger charge is -2.34. The van der Waals surface area contributed by atoms with Crippen LogP contribution < -0.4 is 5.32 Å². The minimum absolute atomic E-state index is 0.0969. The smallest absolute Gasteiger partial charge is 0.0766 e. The molecular formula is C11H20N2. The van der Waals surface area contributed by atoms with Crippen molar-refractivity contribution in [2.75, 3.05) is 19.6 Å². The third-order valence-corrected chi connectivity index (χ3v) is 2.74. The van der Waals surface area contributed by atoms with Gasteiger partial charge < -0.3 is 5.32 Å². The van der Waals surface area contributed by atoms with Gasteiger partial charge in [0, 0.05) is 19.1 Å². The molecule has 0 aromatic carbocycles. The van der Waals surface area contributed by atoms with Gasteiger partial charge in [-0.15, -0.1) is 6.42 Å². The van der Waals surface area contributed by atoms with Gasteiger partial charge in [0.1, 0.15) is 0 Å². The fourth-order valence-electron chi connectivity index (χ4n) is 1.70. The summed E-state index contributed by atoms with van der Waals surface area (Å²) in [6, 6.07) is 0.551. The average molecular weight is 180 g/mol. The fraction of sp³-hybridized carbons (Fsp3) is 0.818. The highest BCUT2D eigenvalue weighted by atomic mass is 15.2. The topological polar surface area (TPSA) is 15.3 Å². The Morgan fingerprint density at radius 2 is 2.23 bits per heavy atom. The molecule has 74 valence electrons. The maximum atomic E-state index is 5.52. The first-order chi connectivity index (χ1) is 6.06. The molecule has 0 saturated carbocycles. The molecule has 1 aliphatic rings. The van der Waals surface area contributed by atoms with Gasteiger partial charge in [0.25, 0.3) is 0 Å². The number of rotatable bonds is 1. The first-order valence-corrected chi connectivity index (χ1v) is 5.02. The molecule has 0 radical (unpaired) electrons. The fourth-order valence-corrected chi connectivity index (χ4v) is 1.70. The highest BCUT2D eigenvalue weighted by Crippen LogP contribution is 2.15. The van der Waals surface area contributed by atoms with E-state index in [0.29, 0.717) is 6.04 Å². The van der Waals surface area contributed by atoms with Crippen LogP contribution in [0.3, 0.4) is 0 Å². The lowest BCUT2D eigenvalue weighted by atomic mass is 10.0. The van der Waals surface area contributed by atoms with Crippen molar-refractivity contribution in [2.24, 2.45) is 0 Å². The van der Waals surface area contributed by atoms with Gasteiger partial charge in [-0.3, -0.25) is 4.90 Å². The molecule has 1 atom stereocenters. The Kier molecular flexibility index (Phi) is 3.35. The average Bonchev–Trinajstić information content (AvgIpc) is 2.30. The normalized spacial score (nSPS) is 26.5. The molecule has 0 bridgehead atoms. The summed E-state index contributed by atoms with van der Waals surface area (Å²) in [7, 11) is 0. The Labute approximate surface area is 81.7 Å². The highest BCUT2D eigenvalue weighted by molar-refractivity contribution is 5.09. The molecule has 1 saturated heterocycles. The number of nitrogens with zero attached hydrogens (tertiary/aromatic N) is 1. The molecule has 1 aliphatic heterocycles. The summed E-state index contributed by atoms with van der Waals surface area (Å²) in [5.74, 6) is 2.86. The van der Waals surface area contributed by atoms with Gasteiger partial charge >= 0.3 is 0 Å². The van der Waals surface area contributed by atoms with Gasteiger partial charge in [-0.1, -0.05) is 5.92 Å². The summed E-state index contributed by atoms with van der Waals surface area (Å²) in [6.45, 7) is 9.71. The van der Waals surface area contributed by atoms with Crippen molar-refractivity contribution in [3.63, 3.8) is 0 Å². The summed E-state index contributed by atoms with van der Waals surface area (Å²) in [5.41, 5.74) is -0.0969. The van der Waals surface area contributed by atoms with Crippen molar-refractivity contribution in [1.29, 1.82) is 0 Å². The van der Waals surface area contributed by atoms with E-state index in [0.717, 1.165) is 19.6 Å². The Hall–Kier alpha value is -0.520. The Balaban J connectivity index is 2.63. The predicted octanol–water partition coefficient (Wildman–Crippen LogP) is 1.08. The standard InChI is InChI=1S/C11H20N2/c1-5-11(3,4)13-8-6-7-12-10(2)9-13/h1,10,12H,6-9H2,2-4H3. The molecule has 2 nitrogen and oxygen atoms in total. The van der Waals surface area contributed by atoms with Crippen molar-refractivity contribution >= 4 is 0 Å². The molecular weight excluding hydrogens is 160 g/mol. The second-order valence-corrected chi connectivity index (χ2v) is 4.36. The minimum atomic E-state index is -0.0969. The largest absolute Gasteiger partial charge is 0.313 e. The van der Waals surface area contributed by atoms with Gasteiger partial charge in [-0.2, -0.15) is 0 Å². The van der Waals surface area contributed by atoms with Crippen LogP contribution in [0.1, 0.15) is 27.2 Å². The first-order valence-electron chi connectivity index (χ1n) is 5.02. The van der Waals surface area contributed by atoms with Gasteiger partial charge in [0.05, 0.1) is 5.54 Å². The molecule has 1 fully saturated rings. The highest BCUT2D eigenvalue weighted by Gasteiger charge is 2.26. The molecule has 2 heteroatoms. The summed E-state index contributed by atoms with van der Waals surface area (Å²) < 4.78 is 0. The van der Waals surface area contributed by atoms with Crippen LogP contribution in [0.4, 0.5) is 0 Å². The van der Waals surface area contributed by atoms with Gasteiger partial charge in [-0.25, -0.2) is 0 Å². The van der Waals surface area contributed by atoms with E-state index in [2.05, 4.69) is 36.9 Å². The van der Waals surface area contributed by atoms with E-state index >= 15 is 0 Å². The quantitative estimate of drug-likeness (QED) is 0.608. The maximum absolute atomic E-state index is 5.52. The van der Waals surface area contributed by atoms with E-state index in [1.54, 1.807) is 0 Å². The number of nitrogens with one attached hydrogen (secondary N) is 1. The second-order valence-electron chi connectivity index (χ2n) is 4.36. The van der Waals surface area contributed by atoms with E-state index in [4.69, 9.17) is 6.42 Å². The Morgan fingerprint density at radius 3 is 2.85 bits per heavy atom. The maximum Gasteiger partial charge on any atom is 0.0766 e. The van der Waals surface area contributed by atoms with Crippen LogP contribution in [0.15, 0.2) is 0 Å². The first kappa shape index (κ1) is 10.6. The molecule has 0 aromatic rings. The third-order valence-electron chi connectivity index (χ3n) is 2.74. The van der Waals surface area contributed by atoms with Crippen molar-refractivity contribution < 1.29 is 0 Å².